The maximum absolute atomic E-state index is 15.2. The van der Waals surface area contributed by atoms with Crippen LogP contribution in [0.4, 0.5) is 20.6 Å². The summed E-state index contributed by atoms with van der Waals surface area (Å²) >= 11 is -1.17. The number of anilines is 2. The molecule has 0 aliphatic carbocycles. The van der Waals surface area contributed by atoms with Crippen LogP contribution in [0.2, 0.25) is 8.87 Å². The van der Waals surface area contributed by atoms with Gasteiger partial charge in [0.15, 0.2) is 0 Å². The van der Waals surface area contributed by atoms with Gasteiger partial charge in [-0.2, -0.15) is 0 Å². The number of carbonyl (C=O) groups excluding carboxylic acids is 4. The van der Waals surface area contributed by atoms with Crippen molar-refractivity contribution in [3.8, 4) is 0 Å². The van der Waals surface area contributed by atoms with Crippen LogP contribution in [0, 0.1) is 5.82 Å². The van der Waals surface area contributed by atoms with E-state index in [0.29, 0.717) is 37.6 Å². The summed E-state index contributed by atoms with van der Waals surface area (Å²) < 4.78 is 22.6. The molecular formula is C33H54FN5O5Sn. The number of unbranched alkanes of at least 4 members (excludes halogenated alkanes) is 9. The SMILES string of the molecule is CCCCCCCCCCC[CH2][SnH2][CH2][C@@H](NC(C)=O)C(=O)N1CCN(c2ccc(N3CC(CNC(C)=O)OC3=O)cc2F)CC1. The van der Waals surface area contributed by atoms with Gasteiger partial charge in [0.2, 0.25) is 5.91 Å². The molecule has 2 aliphatic rings. The quantitative estimate of drug-likeness (QED) is 0.161. The molecule has 0 saturated carbocycles. The van der Waals surface area contributed by atoms with Crippen LogP contribution in [0.5, 0.6) is 0 Å². The van der Waals surface area contributed by atoms with E-state index in [-0.39, 0.29) is 30.8 Å². The number of benzene rings is 1. The zero-order valence-electron chi connectivity index (χ0n) is 27.6. The summed E-state index contributed by atoms with van der Waals surface area (Å²) in [7, 11) is 0. The molecule has 3 rings (SSSR count). The van der Waals surface area contributed by atoms with Gasteiger partial charge < -0.3 is 10.1 Å². The molecule has 2 aliphatic heterocycles. The summed E-state index contributed by atoms with van der Waals surface area (Å²) in [6, 6.07) is 4.22. The Balaban J connectivity index is 1.41. The number of hydrogen-bond acceptors (Lipinski definition) is 6. The van der Waals surface area contributed by atoms with Crippen LogP contribution in [0.3, 0.4) is 0 Å². The van der Waals surface area contributed by atoms with E-state index in [4.69, 9.17) is 4.74 Å². The number of ether oxygens (including phenoxy) is 1. The number of piperazine rings is 1. The molecule has 2 fully saturated rings. The Morgan fingerprint density at radius 1 is 0.956 bits per heavy atom. The van der Waals surface area contributed by atoms with Crippen LogP contribution in [-0.4, -0.2) is 101 Å². The number of cyclic esters (lactones) is 1. The van der Waals surface area contributed by atoms with Crippen molar-refractivity contribution < 1.29 is 28.3 Å². The minimum absolute atomic E-state index is 0.0261. The number of amides is 4. The molecule has 0 bridgehead atoms. The summed E-state index contributed by atoms with van der Waals surface area (Å²) in [5, 5.41) is 5.54. The van der Waals surface area contributed by atoms with Gasteiger partial charge in [0, 0.05) is 6.92 Å². The third-order valence-electron chi connectivity index (χ3n) is 8.65. The second-order valence-electron chi connectivity index (χ2n) is 12.4. The second kappa shape index (κ2) is 19.8. The fourth-order valence-corrected chi connectivity index (χ4v) is 11.2. The molecule has 1 unspecified atom stereocenters. The van der Waals surface area contributed by atoms with Gasteiger partial charge in [-0.15, -0.1) is 0 Å². The second-order valence-corrected chi connectivity index (χ2v) is 18.1. The molecule has 1 aromatic rings. The van der Waals surface area contributed by atoms with Crippen LogP contribution in [-0.2, 0) is 19.1 Å². The van der Waals surface area contributed by atoms with Crippen LogP contribution in [0.1, 0.15) is 85.0 Å². The molecule has 0 aromatic heterocycles. The van der Waals surface area contributed by atoms with Crippen LogP contribution in [0.25, 0.3) is 0 Å². The van der Waals surface area contributed by atoms with Gasteiger partial charge in [0.1, 0.15) is 6.10 Å². The fraction of sp³-hybridized carbons (Fsp3) is 0.697. The van der Waals surface area contributed by atoms with E-state index in [1.165, 1.54) is 93.5 Å². The van der Waals surface area contributed by atoms with Crippen molar-refractivity contribution in [3.05, 3.63) is 24.0 Å². The third kappa shape index (κ3) is 12.6. The van der Waals surface area contributed by atoms with E-state index in [0.717, 1.165) is 4.44 Å². The van der Waals surface area contributed by atoms with Gasteiger partial charge in [-0.1, -0.05) is 0 Å². The molecule has 4 amide bonds. The molecule has 2 N–H and O–H groups in total. The number of carbonyl (C=O) groups is 4. The van der Waals surface area contributed by atoms with Crippen LogP contribution < -0.4 is 20.4 Å². The molecule has 45 heavy (non-hydrogen) atoms. The number of rotatable bonds is 19. The van der Waals surface area contributed by atoms with E-state index < -0.39 is 45.2 Å². The Bertz CT molecular complexity index is 1120. The molecule has 2 heterocycles. The van der Waals surface area contributed by atoms with Gasteiger partial charge >= 0.3 is 228 Å². The standard InChI is InChI=1S/C21H27FN5O5.C12H25.Sn.2H/c1-13(24-15(3)29)20(30)26-8-6-25(7-9-26)19-5-4-16(10-18(19)22)27-12-17(32-21(27)31)11-23-14(2)28;1-3-5-7-9-11-12-10-8-6-4-2;;;/h4-5,10,13,17H,1,6-9,11-12H2,2-3H3,(H,23,28)(H,24,29);1,3-12H2,2H3;;;/t13-,17?;;;;/m1..../s1. The Kier molecular flexibility index (Phi) is 16.3. The van der Waals surface area contributed by atoms with Crippen molar-refractivity contribution in [2.45, 2.75) is 106 Å². The molecule has 10 nitrogen and oxygen atoms in total. The van der Waals surface area contributed by atoms with Crippen molar-refractivity contribution in [3.63, 3.8) is 0 Å². The van der Waals surface area contributed by atoms with E-state index in [1.807, 2.05) is 4.90 Å². The molecule has 1 aromatic carbocycles. The summed E-state index contributed by atoms with van der Waals surface area (Å²) in [5.41, 5.74) is 0.807. The van der Waals surface area contributed by atoms with Gasteiger partial charge in [-0.3, -0.25) is 4.79 Å². The van der Waals surface area contributed by atoms with Gasteiger partial charge in [-0.05, 0) is 0 Å². The first-order valence-electron chi connectivity index (χ1n) is 17.0. The average Bonchev–Trinajstić information content (AvgIpc) is 3.39. The van der Waals surface area contributed by atoms with Crippen molar-refractivity contribution in [1.82, 2.24) is 15.5 Å². The van der Waals surface area contributed by atoms with Gasteiger partial charge in [0.25, 0.3) is 0 Å². The summed E-state index contributed by atoms with van der Waals surface area (Å²) in [4.78, 5) is 53.8. The Morgan fingerprint density at radius 3 is 2.20 bits per heavy atom. The van der Waals surface area contributed by atoms with Gasteiger partial charge in [-0.25, -0.2) is 4.79 Å². The van der Waals surface area contributed by atoms with E-state index >= 15 is 4.39 Å². The predicted octanol–water partition coefficient (Wildman–Crippen LogP) is 4.37. The van der Waals surface area contributed by atoms with Crippen molar-refractivity contribution in [2.75, 3.05) is 49.1 Å². The van der Waals surface area contributed by atoms with Crippen molar-refractivity contribution in [1.29, 1.82) is 0 Å². The maximum atomic E-state index is 15.2. The molecule has 12 heteroatoms. The monoisotopic (exact) mass is 739 g/mol. The number of hydrogen-bond donors (Lipinski definition) is 2. The first kappa shape index (κ1) is 36.9. The van der Waals surface area contributed by atoms with Crippen LogP contribution in [0.15, 0.2) is 18.2 Å². The zero-order valence-corrected chi connectivity index (χ0v) is 31.6. The Morgan fingerprint density at radius 2 is 1.60 bits per heavy atom. The molecule has 252 valence electrons. The Labute approximate surface area is 278 Å². The summed E-state index contributed by atoms with van der Waals surface area (Å²) in [6.45, 7) is 7.38. The molecule has 2 saturated heterocycles. The minimum atomic E-state index is -1.17. The number of nitrogens with one attached hydrogen (secondary N) is 2. The summed E-state index contributed by atoms with van der Waals surface area (Å²) in [5.74, 6) is -0.873. The molecule has 0 spiro atoms. The van der Waals surface area contributed by atoms with E-state index in [9.17, 15) is 19.2 Å². The summed E-state index contributed by atoms with van der Waals surface area (Å²) in [6.07, 6.45) is 12.1. The van der Waals surface area contributed by atoms with Crippen molar-refractivity contribution >= 4 is 56.3 Å². The topological polar surface area (TPSA) is 111 Å². The van der Waals surface area contributed by atoms with Crippen LogP contribution >= 0.6 is 0 Å². The van der Waals surface area contributed by atoms with E-state index in [2.05, 4.69) is 17.6 Å². The Hall–Kier alpha value is -2.57. The zero-order chi connectivity index (χ0) is 32.6. The molecular weight excluding hydrogens is 684 g/mol. The first-order chi connectivity index (χ1) is 21.7. The first-order valence-corrected chi connectivity index (χ1v) is 22.7. The fourth-order valence-electron chi connectivity index (χ4n) is 6.10. The number of halogens is 1. The molecule has 0 radical (unpaired) electrons. The normalized spacial score (nSPS) is 17.6. The predicted molar refractivity (Wildman–Crippen MR) is 179 cm³/mol. The average molecular weight is 739 g/mol. The third-order valence-corrected chi connectivity index (χ3v) is 14.3. The number of nitrogens with zero attached hydrogens (tertiary/aromatic N) is 3. The van der Waals surface area contributed by atoms with Crippen molar-refractivity contribution in [2.24, 2.45) is 0 Å². The van der Waals surface area contributed by atoms with E-state index in [1.54, 1.807) is 17.0 Å². The molecule has 2 atom stereocenters. The van der Waals surface area contributed by atoms with Gasteiger partial charge in [0.05, 0.1) is 13.1 Å².